The lowest BCUT2D eigenvalue weighted by Gasteiger charge is -2.41. The molecule has 1 aliphatic rings. The molecule has 0 spiro atoms. The highest BCUT2D eigenvalue weighted by Gasteiger charge is 2.48. The fourth-order valence-electron chi connectivity index (χ4n) is 3.98. The molecule has 0 N–H and O–H groups in total. The van der Waals surface area contributed by atoms with Crippen molar-refractivity contribution in [3.05, 3.63) is 65.2 Å². The van der Waals surface area contributed by atoms with Crippen molar-refractivity contribution in [2.45, 2.75) is 59.0 Å². The predicted octanol–water partition coefficient (Wildman–Crippen LogP) is 4.13. The molecule has 0 bridgehead atoms. The van der Waals surface area contributed by atoms with E-state index in [1.807, 2.05) is 33.8 Å². The van der Waals surface area contributed by atoms with Crippen molar-refractivity contribution >= 4 is 29.4 Å². The molecule has 0 saturated carbocycles. The van der Waals surface area contributed by atoms with E-state index >= 15 is 0 Å². The molecule has 0 aromatic heterocycles. The normalized spacial score (nSPS) is 16.2. The van der Waals surface area contributed by atoms with E-state index in [-0.39, 0.29) is 24.8 Å². The van der Waals surface area contributed by atoms with Crippen molar-refractivity contribution in [3.63, 3.8) is 0 Å². The Morgan fingerprint density at radius 2 is 1.73 bits per heavy atom. The van der Waals surface area contributed by atoms with Crippen LogP contribution in [-0.2, 0) is 14.3 Å². The van der Waals surface area contributed by atoms with Crippen molar-refractivity contribution in [1.29, 1.82) is 0 Å². The van der Waals surface area contributed by atoms with Crippen molar-refractivity contribution < 1.29 is 23.9 Å². The average Bonchev–Trinajstić information content (AvgIpc) is 3.07. The van der Waals surface area contributed by atoms with Crippen LogP contribution in [0, 0.1) is 6.92 Å². The summed E-state index contributed by atoms with van der Waals surface area (Å²) in [6.07, 6.45) is 0.510. The number of ether oxygens (including phenoxy) is 1. The lowest BCUT2D eigenvalue weighted by atomic mass is 9.94. The monoisotopic (exact) mass is 450 g/mol. The zero-order chi connectivity index (χ0) is 24.3. The van der Waals surface area contributed by atoms with E-state index in [0.29, 0.717) is 23.2 Å². The minimum atomic E-state index is -0.912. The van der Waals surface area contributed by atoms with Crippen LogP contribution in [0.15, 0.2) is 48.5 Å². The smallest absolute Gasteiger partial charge is 0.338 e. The number of aryl methyl sites for hydroxylation is 1. The summed E-state index contributed by atoms with van der Waals surface area (Å²) in [6.45, 7) is 9.62. The highest BCUT2D eigenvalue weighted by atomic mass is 16.5. The molecule has 174 valence electrons. The van der Waals surface area contributed by atoms with Gasteiger partial charge >= 0.3 is 5.97 Å². The number of rotatable bonds is 7. The van der Waals surface area contributed by atoms with Gasteiger partial charge in [-0.05, 0) is 70.5 Å². The molecule has 1 aliphatic heterocycles. The molecule has 7 nitrogen and oxygen atoms in total. The molecule has 3 amide bonds. The van der Waals surface area contributed by atoms with Crippen molar-refractivity contribution in [2.24, 2.45) is 0 Å². The average molecular weight is 451 g/mol. The first kappa shape index (κ1) is 24.2. The Labute approximate surface area is 194 Å². The van der Waals surface area contributed by atoms with Gasteiger partial charge in [-0.15, -0.1) is 0 Å². The van der Waals surface area contributed by atoms with Gasteiger partial charge < -0.3 is 9.64 Å². The third kappa shape index (κ3) is 4.82. The maximum Gasteiger partial charge on any atom is 0.338 e. The van der Waals surface area contributed by atoms with Gasteiger partial charge in [0.2, 0.25) is 5.91 Å². The largest absolute Gasteiger partial charge is 0.462 e. The first-order chi connectivity index (χ1) is 15.6. The number of benzene rings is 2. The van der Waals surface area contributed by atoms with E-state index in [0.717, 1.165) is 10.5 Å². The summed E-state index contributed by atoms with van der Waals surface area (Å²) in [5.41, 5.74) is 1.46. The van der Waals surface area contributed by atoms with Gasteiger partial charge in [-0.3, -0.25) is 14.4 Å². The molecule has 2 aromatic rings. The first-order valence-electron chi connectivity index (χ1n) is 11.1. The highest BCUT2D eigenvalue weighted by molar-refractivity contribution is 6.23. The molecule has 33 heavy (non-hydrogen) atoms. The Bertz CT molecular complexity index is 1070. The second-order valence-corrected chi connectivity index (χ2v) is 8.77. The van der Waals surface area contributed by atoms with Crippen LogP contribution >= 0.6 is 0 Å². The number of amides is 3. The van der Waals surface area contributed by atoms with E-state index in [2.05, 4.69) is 0 Å². The van der Waals surface area contributed by atoms with Gasteiger partial charge in [-0.25, -0.2) is 9.69 Å². The summed E-state index contributed by atoms with van der Waals surface area (Å²) < 4.78 is 4.98. The number of hydrogen-bond acceptors (Lipinski definition) is 5. The second kappa shape index (κ2) is 9.57. The maximum absolute atomic E-state index is 13.6. The van der Waals surface area contributed by atoms with E-state index in [1.165, 1.54) is 12.1 Å². The van der Waals surface area contributed by atoms with Gasteiger partial charge in [0.15, 0.2) is 0 Å². The van der Waals surface area contributed by atoms with Crippen LogP contribution in [0.2, 0.25) is 0 Å². The van der Waals surface area contributed by atoms with Gasteiger partial charge in [-0.2, -0.15) is 0 Å². The molecule has 1 heterocycles. The van der Waals surface area contributed by atoms with Crippen molar-refractivity contribution in [3.8, 4) is 0 Å². The fraction of sp³-hybridized carbons (Fsp3) is 0.385. The van der Waals surface area contributed by atoms with Crippen LogP contribution in [0.1, 0.15) is 66.8 Å². The van der Waals surface area contributed by atoms with Crippen LogP contribution in [0.4, 0.5) is 5.69 Å². The molecule has 0 aliphatic carbocycles. The number of carbonyl (C=O) groups excluding carboxylic acids is 4. The predicted molar refractivity (Wildman–Crippen MR) is 125 cm³/mol. The maximum atomic E-state index is 13.6. The Morgan fingerprint density at radius 1 is 1.06 bits per heavy atom. The first-order valence-corrected chi connectivity index (χ1v) is 11.1. The zero-order valence-corrected chi connectivity index (χ0v) is 19.8. The molecule has 1 atom stereocenters. The molecular weight excluding hydrogens is 420 g/mol. The lowest BCUT2D eigenvalue weighted by molar-refractivity contribution is -0.123. The topological polar surface area (TPSA) is 84.0 Å². The molecule has 7 heteroatoms. The van der Waals surface area contributed by atoms with Gasteiger partial charge in [-0.1, -0.05) is 24.6 Å². The van der Waals surface area contributed by atoms with E-state index in [4.69, 9.17) is 4.74 Å². The number of anilines is 1. The number of hydrogen-bond donors (Lipinski definition) is 0. The van der Waals surface area contributed by atoms with Crippen LogP contribution < -0.4 is 4.90 Å². The Balaban J connectivity index is 1.94. The van der Waals surface area contributed by atoms with Crippen molar-refractivity contribution in [1.82, 2.24) is 4.90 Å². The highest BCUT2D eigenvalue weighted by Crippen LogP contribution is 2.32. The molecule has 1 fully saturated rings. The lowest BCUT2D eigenvalue weighted by Crippen LogP contribution is -2.55. The summed E-state index contributed by atoms with van der Waals surface area (Å²) in [4.78, 5) is 54.5. The molecule has 3 rings (SSSR count). The summed E-state index contributed by atoms with van der Waals surface area (Å²) in [5.74, 6) is -1.59. The zero-order valence-electron chi connectivity index (χ0n) is 19.8. The standard InChI is InChI=1S/C26H30N2O5/c1-6-26(4,5)28(23(30)19-10-8-9-17(3)15-19)21-16-22(29)27(24(21)31)20-13-11-18(12-14-20)25(32)33-7-2/h8-15,21H,6-7,16H2,1-5H3. The SMILES string of the molecule is CCOC(=O)c1ccc(N2C(=O)CC(N(C(=O)c3cccc(C)c3)C(C)(C)CC)C2=O)cc1. The minimum Gasteiger partial charge on any atom is -0.462 e. The minimum absolute atomic E-state index is 0.0978. The Morgan fingerprint density at radius 3 is 2.30 bits per heavy atom. The molecule has 2 aromatic carbocycles. The van der Waals surface area contributed by atoms with E-state index in [1.54, 1.807) is 42.2 Å². The molecular formula is C26H30N2O5. The number of esters is 1. The summed E-state index contributed by atoms with van der Waals surface area (Å²) in [5, 5.41) is 0. The van der Waals surface area contributed by atoms with Gasteiger partial charge in [0.1, 0.15) is 6.04 Å². The van der Waals surface area contributed by atoms with Crippen molar-refractivity contribution in [2.75, 3.05) is 11.5 Å². The Kier molecular flexibility index (Phi) is 7.01. The third-order valence-electron chi connectivity index (χ3n) is 6.07. The van der Waals surface area contributed by atoms with Crippen LogP contribution in [-0.4, -0.2) is 46.8 Å². The number of imide groups is 1. The molecule has 1 saturated heterocycles. The van der Waals surface area contributed by atoms with Crippen LogP contribution in [0.3, 0.4) is 0 Å². The van der Waals surface area contributed by atoms with E-state index < -0.39 is 23.5 Å². The number of carbonyl (C=O) groups is 4. The van der Waals surface area contributed by atoms with E-state index in [9.17, 15) is 19.2 Å². The molecule has 1 unspecified atom stereocenters. The summed E-state index contributed by atoms with van der Waals surface area (Å²) in [7, 11) is 0. The summed E-state index contributed by atoms with van der Waals surface area (Å²) >= 11 is 0. The second-order valence-electron chi connectivity index (χ2n) is 8.77. The van der Waals surface area contributed by atoms with Crippen LogP contribution in [0.25, 0.3) is 0 Å². The summed E-state index contributed by atoms with van der Waals surface area (Å²) in [6, 6.07) is 12.4. The number of nitrogens with zero attached hydrogens (tertiary/aromatic N) is 2. The third-order valence-corrected chi connectivity index (χ3v) is 6.07. The quantitative estimate of drug-likeness (QED) is 0.468. The fourth-order valence-corrected chi connectivity index (χ4v) is 3.98. The van der Waals surface area contributed by atoms with Gasteiger partial charge in [0.25, 0.3) is 11.8 Å². The van der Waals surface area contributed by atoms with Gasteiger partial charge in [0, 0.05) is 11.1 Å². The Hall–Kier alpha value is -3.48. The molecule has 0 radical (unpaired) electrons. The van der Waals surface area contributed by atoms with Crippen LogP contribution in [0.5, 0.6) is 0 Å². The van der Waals surface area contributed by atoms with Gasteiger partial charge in [0.05, 0.1) is 24.3 Å².